The summed E-state index contributed by atoms with van der Waals surface area (Å²) in [7, 11) is 0. The summed E-state index contributed by atoms with van der Waals surface area (Å²) in [4.78, 5) is 24.5. The maximum absolute atomic E-state index is 12.5. The van der Waals surface area contributed by atoms with Gasteiger partial charge >= 0.3 is 0 Å². The molecule has 2 N–H and O–H groups in total. The molecule has 0 saturated heterocycles. The Kier molecular flexibility index (Phi) is 4.99. The molecular weight excluding hydrogens is 304 g/mol. The highest BCUT2D eigenvalue weighted by molar-refractivity contribution is 5.95. The largest absolute Gasteiger partial charge is 0.459 e. The number of nitrogens with one attached hydrogen (secondary N) is 2. The van der Waals surface area contributed by atoms with Crippen LogP contribution >= 0.6 is 0 Å². The second kappa shape index (κ2) is 7.34. The van der Waals surface area contributed by atoms with Crippen LogP contribution in [0.4, 0.5) is 0 Å². The molecule has 2 aromatic rings. The molecule has 0 spiro atoms. The van der Waals surface area contributed by atoms with Crippen molar-refractivity contribution in [2.45, 2.75) is 44.7 Å². The molecular formula is C19H22N2O3. The molecule has 0 aliphatic heterocycles. The fourth-order valence-corrected chi connectivity index (χ4v) is 3.11. The number of fused-ring (bicyclic) bond motifs is 1. The van der Waals surface area contributed by atoms with Gasteiger partial charge in [-0.2, -0.15) is 0 Å². The second-order valence-electron chi connectivity index (χ2n) is 6.18. The first-order valence-electron chi connectivity index (χ1n) is 8.37. The third kappa shape index (κ3) is 3.67. The molecule has 126 valence electrons. The molecule has 24 heavy (non-hydrogen) atoms. The van der Waals surface area contributed by atoms with Crippen molar-refractivity contribution in [3.63, 3.8) is 0 Å². The zero-order valence-electron chi connectivity index (χ0n) is 13.7. The van der Waals surface area contributed by atoms with E-state index >= 15 is 0 Å². The predicted octanol–water partition coefficient (Wildman–Crippen LogP) is 2.98. The van der Waals surface area contributed by atoms with Crippen LogP contribution in [0.1, 0.15) is 53.9 Å². The second-order valence-corrected chi connectivity index (χ2v) is 6.18. The first-order chi connectivity index (χ1) is 11.6. The van der Waals surface area contributed by atoms with E-state index in [1.54, 1.807) is 19.1 Å². The van der Waals surface area contributed by atoms with Crippen molar-refractivity contribution in [2.75, 3.05) is 0 Å². The standard InChI is InChI=1S/C19H22N2O3/c1-13(20-19(23)17-11-6-12-24-17)18(22)21-16-10-5-3-8-14-7-2-4-9-15(14)16/h2,4,6-7,9,11-13,16H,3,5,8,10H2,1H3,(H,20,23)(H,21,22)/t13-,16+/m1/s1. The molecule has 0 unspecified atom stereocenters. The van der Waals surface area contributed by atoms with E-state index in [-0.39, 0.29) is 23.6 Å². The summed E-state index contributed by atoms with van der Waals surface area (Å²) in [5.41, 5.74) is 2.49. The zero-order valence-corrected chi connectivity index (χ0v) is 13.7. The number of carbonyl (C=O) groups is 2. The van der Waals surface area contributed by atoms with Crippen LogP contribution in [0.5, 0.6) is 0 Å². The minimum absolute atomic E-state index is 0.000773. The van der Waals surface area contributed by atoms with Gasteiger partial charge in [0.15, 0.2) is 5.76 Å². The Balaban J connectivity index is 1.65. The molecule has 0 saturated carbocycles. The van der Waals surface area contributed by atoms with E-state index in [4.69, 9.17) is 4.42 Å². The highest BCUT2D eigenvalue weighted by Crippen LogP contribution is 2.28. The number of rotatable bonds is 4. The minimum Gasteiger partial charge on any atom is -0.459 e. The first-order valence-corrected chi connectivity index (χ1v) is 8.37. The Bertz CT molecular complexity index is 709. The van der Waals surface area contributed by atoms with Gasteiger partial charge < -0.3 is 15.1 Å². The Morgan fingerprint density at radius 3 is 2.79 bits per heavy atom. The predicted molar refractivity (Wildman–Crippen MR) is 90.5 cm³/mol. The lowest BCUT2D eigenvalue weighted by Gasteiger charge is -2.22. The van der Waals surface area contributed by atoms with Crippen LogP contribution in [-0.4, -0.2) is 17.9 Å². The van der Waals surface area contributed by atoms with Crippen LogP contribution < -0.4 is 10.6 Å². The van der Waals surface area contributed by atoms with E-state index < -0.39 is 6.04 Å². The lowest BCUT2D eigenvalue weighted by atomic mass is 9.99. The summed E-state index contributed by atoms with van der Waals surface area (Å²) >= 11 is 0. The van der Waals surface area contributed by atoms with Crippen LogP contribution in [0.2, 0.25) is 0 Å². The maximum atomic E-state index is 12.5. The molecule has 1 aromatic carbocycles. The lowest BCUT2D eigenvalue weighted by molar-refractivity contribution is -0.123. The van der Waals surface area contributed by atoms with E-state index in [1.165, 1.54) is 17.4 Å². The van der Waals surface area contributed by atoms with E-state index in [2.05, 4.69) is 22.8 Å². The molecule has 3 rings (SSSR count). The summed E-state index contributed by atoms with van der Waals surface area (Å²) in [5.74, 6) is -0.366. The number of aryl methyl sites for hydroxylation is 1. The van der Waals surface area contributed by atoms with Gasteiger partial charge in [-0.25, -0.2) is 0 Å². The van der Waals surface area contributed by atoms with Crippen molar-refractivity contribution < 1.29 is 14.0 Å². The van der Waals surface area contributed by atoms with E-state index in [1.807, 2.05) is 12.1 Å². The van der Waals surface area contributed by atoms with Crippen LogP contribution in [0.3, 0.4) is 0 Å². The van der Waals surface area contributed by atoms with Gasteiger partial charge in [0.1, 0.15) is 6.04 Å². The SMILES string of the molecule is C[C@@H](NC(=O)c1ccco1)C(=O)N[C@H]1CCCCc2ccccc21. The highest BCUT2D eigenvalue weighted by Gasteiger charge is 2.24. The molecule has 5 nitrogen and oxygen atoms in total. The molecule has 1 aromatic heterocycles. The Morgan fingerprint density at radius 2 is 2.00 bits per heavy atom. The first kappa shape index (κ1) is 16.3. The van der Waals surface area contributed by atoms with E-state index in [9.17, 15) is 9.59 Å². The van der Waals surface area contributed by atoms with E-state index in [0.717, 1.165) is 25.7 Å². The number of carbonyl (C=O) groups excluding carboxylic acids is 2. The van der Waals surface area contributed by atoms with Crippen molar-refractivity contribution in [1.82, 2.24) is 10.6 Å². The summed E-state index contributed by atoms with van der Waals surface area (Å²) in [6.45, 7) is 1.68. The average Bonchev–Trinajstić information content (AvgIpc) is 3.05. The number of furan rings is 1. The molecule has 0 fully saturated rings. The van der Waals surface area contributed by atoms with Gasteiger partial charge in [0.05, 0.1) is 12.3 Å². The lowest BCUT2D eigenvalue weighted by Crippen LogP contribution is -2.45. The number of hydrogen-bond acceptors (Lipinski definition) is 3. The summed E-state index contributed by atoms with van der Waals surface area (Å²) in [6, 6.07) is 10.8. The third-order valence-corrected chi connectivity index (χ3v) is 4.42. The monoisotopic (exact) mass is 326 g/mol. The van der Waals surface area contributed by atoms with Crippen LogP contribution in [0.15, 0.2) is 47.1 Å². The van der Waals surface area contributed by atoms with Gasteiger partial charge in [-0.05, 0) is 49.4 Å². The Hall–Kier alpha value is -2.56. The summed E-state index contributed by atoms with van der Waals surface area (Å²) < 4.78 is 5.05. The van der Waals surface area contributed by atoms with Gasteiger partial charge in [-0.1, -0.05) is 30.7 Å². The van der Waals surface area contributed by atoms with Gasteiger partial charge in [-0.15, -0.1) is 0 Å². The van der Waals surface area contributed by atoms with Crippen molar-refractivity contribution in [3.05, 3.63) is 59.5 Å². The van der Waals surface area contributed by atoms with Gasteiger partial charge in [0, 0.05) is 0 Å². The summed E-state index contributed by atoms with van der Waals surface area (Å²) in [6.07, 6.45) is 5.61. The van der Waals surface area contributed by atoms with Crippen LogP contribution in [0.25, 0.3) is 0 Å². The fourth-order valence-electron chi connectivity index (χ4n) is 3.11. The van der Waals surface area contributed by atoms with Crippen molar-refractivity contribution in [3.8, 4) is 0 Å². The number of benzene rings is 1. The molecule has 0 radical (unpaired) electrons. The normalized spacial score (nSPS) is 18.1. The van der Waals surface area contributed by atoms with Gasteiger partial charge in [0.2, 0.25) is 5.91 Å². The van der Waals surface area contributed by atoms with Crippen molar-refractivity contribution in [1.29, 1.82) is 0 Å². The van der Waals surface area contributed by atoms with Crippen LogP contribution in [-0.2, 0) is 11.2 Å². The van der Waals surface area contributed by atoms with E-state index in [0.29, 0.717) is 0 Å². The fraction of sp³-hybridized carbons (Fsp3) is 0.368. The summed E-state index contributed by atoms with van der Waals surface area (Å²) in [5, 5.41) is 5.75. The minimum atomic E-state index is -0.627. The van der Waals surface area contributed by atoms with Crippen LogP contribution in [0, 0.1) is 0 Å². The van der Waals surface area contributed by atoms with Gasteiger partial charge in [0.25, 0.3) is 5.91 Å². The maximum Gasteiger partial charge on any atom is 0.287 e. The molecule has 1 aliphatic rings. The average molecular weight is 326 g/mol. The van der Waals surface area contributed by atoms with Gasteiger partial charge in [-0.3, -0.25) is 9.59 Å². The molecule has 2 atom stereocenters. The number of amides is 2. The highest BCUT2D eigenvalue weighted by atomic mass is 16.3. The molecule has 1 heterocycles. The molecule has 1 aliphatic carbocycles. The molecule has 2 amide bonds. The molecule has 5 heteroatoms. The Labute approximate surface area is 141 Å². The topological polar surface area (TPSA) is 71.3 Å². The van der Waals surface area contributed by atoms with Crippen molar-refractivity contribution >= 4 is 11.8 Å². The van der Waals surface area contributed by atoms with Crippen molar-refractivity contribution in [2.24, 2.45) is 0 Å². The quantitative estimate of drug-likeness (QED) is 0.849. The zero-order chi connectivity index (χ0) is 16.9. The smallest absolute Gasteiger partial charge is 0.287 e. The third-order valence-electron chi connectivity index (χ3n) is 4.42. The number of hydrogen-bond donors (Lipinski definition) is 2. The Morgan fingerprint density at radius 1 is 1.17 bits per heavy atom. The molecule has 0 bridgehead atoms.